The van der Waals surface area contributed by atoms with Crippen molar-refractivity contribution in [3.8, 4) is 0 Å². The Morgan fingerprint density at radius 3 is 2.75 bits per heavy atom. The summed E-state index contributed by atoms with van der Waals surface area (Å²) < 4.78 is 0. The molecular formula is C12H17N3O. The summed E-state index contributed by atoms with van der Waals surface area (Å²) >= 11 is 0. The second-order valence-corrected chi connectivity index (χ2v) is 4.45. The van der Waals surface area contributed by atoms with E-state index in [9.17, 15) is 4.79 Å². The average molecular weight is 219 g/mol. The lowest BCUT2D eigenvalue weighted by Gasteiger charge is -2.07. The SMILES string of the molecule is CC(C)CCNc1ccc2[nH]c(=O)[nH]c2c1. The van der Waals surface area contributed by atoms with Crippen LogP contribution < -0.4 is 11.0 Å². The summed E-state index contributed by atoms with van der Waals surface area (Å²) in [5.41, 5.74) is 2.58. The summed E-state index contributed by atoms with van der Waals surface area (Å²) in [7, 11) is 0. The van der Waals surface area contributed by atoms with E-state index in [-0.39, 0.29) is 5.69 Å². The van der Waals surface area contributed by atoms with Crippen LogP contribution >= 0.6 is 0 Å². The number of aromatic amines is 2. The molecule has 0 saturated heterocycles. The highest BCUT2D eigenvalue weighted by Crippen LogP contribution is 2.14. The smallest absolute Gasteiger partial charge is 0.323 e. The van der Waals surface area contributed by atoms with Crippen LogP contribution in [0.5, 0.6) is 0 Å². The summed E-state index contributed by atoms with van der Waals surface area (Å²) in [4.78, 5) is 16.5. The fourth-order valence-corrected chi connectivity index (χ4v) is 1.65. The number of benzene rings is 1. The topological polar surface area (TPSA) is 60.7 Å². The highest BCUT2D eigenvalue weighted by Gasteiger charge is 1.99. The molecule has 0 bridgehead atoms. The third-order valence-corrected chi connectivity index (χ3v) is 2.57. The van der Waals surface area contributed by atoms with E-state index in [1.807, 2.05) is 18.2 Å². The van der Waals surface area contributed by atoms with Gasteiger partial charge in [0.25, 0.3) is 0 Å². The minimum atomic E-state index is -0.158. The molecule has 3 N–H and O–H groups in total. The summed E-state index contributed by atoms with van der Waals surface area (Å²) in [6.07, 6.45) is 1.14. The quantitative estimate of drug-likeness (QED) is 0.739. The average Bonchev–Trinajstić information content (AvgIpc) is 2.56. The molecule has 4 heteroatoms. The lowest BCUT2D eigenvalue weighted by atomic mass is 10.1. The van der Waals surface area contributed by atoms with Gasteiger partial charge in [-0.25, -0.2) is 4.79 Å². The number of rotatable bonds is 4. The Morgan fingerprint density at radius 2 is 2.00 bits per heavy atom. The second kappa shape index (κ2) is 4.43. The van der Waals surface area contributed by atoms with Gasteiger partial charge in [-0.15, -0.1) is 0 Å². The highest BCUT2D eigenvalue weighted by atomic mass is 16.1. The van der Waals surface area contributed by atoms with E-state index in [1.165, 1.54) is 0 Å². The van der Waals surface area contributed by atoms with Gasteiger partial charge >= 0.3 is 5.69 Å². The van der Waals surface area contributed by atoms with E-state index in [1.54, 1.807) is 0 Å². The standard InChI is InChI=1S/C12H17N3O/c1-8(2)5-6-13-9-3-4-10-11(7-9)15-12(16)14-10/h3-4,7-8,13H,5-6H2,1-2H3,(H2,14,15,16). The Balaban J connectivity index is 2.10. The second-order valence-electron chi connectivity index (χ2n) is 4.45. The fourth-order valence-electron chi connectivity index (χ4n) is 1.65. The predicted octanol–water partition coefficient (Wildman–Crippen LogP) is 2.31. The van der Waals surface area contributed by atoms with Gasteiger partial charge < -0.3 is 15.3 Å². The summed E-state index contributed by atoms with van der Waals surface area (Å²) in [5.74, 6) is 0.697. The van der Waals surface area contributed by atoms with Gasteiger partial charge in [-0.2, -0.15) is 0 Å². The van der Waals surface area contributed by atoms with Crippen LogP contribution in [0.25, 0.3) is 11.0 Å². The Hall–Kier alpha value is -1.71. The molecule has 0 unspecified atom stereocenters. The van der Waals surface area contributed by atoms with Crippen LogP contribution in [-0.2, 0) is 0 Å². The normalized spacial score (nSPS) is 11.2. The first-order valence-corrected chi connectivity index (χ1v) is 5.61. The molecule has 4 nitrogen and oxygen atoms in total. The van der Waals surface area contributed by atoms with Crippen LogP contribution in [0.4, 0.5) is 5.69 Å². The van der Waals surface area contributed by atoms with Crippen LogP contribution in [0, 0.1) is 5.92 Å². The number of imidazole rings is 1. The lowest BCUT2D eigenvalue weighted by molar-refractivity contribution is 0.607. The molecule has 16 heavy (non-hydrogen) atoms. The van der Waals surface area contributed by atoms with Crippen LogP contribution in [0.3, 0.4) is 0 Å². The Morgan fingerprint density at radius 1 is 1.25 bits per heavy atom. The van der Waals surface area contributed by atoms with Crippen molar-refractivity contribution in [1.29, 1.82) is 0 Å². The number of anilines is 1. The zero-order valence-corrected chi connectivity index (χ0v) is 9.63. The van der Waals surface area contributed by atoms with Crippen molar-refractivity contribution < 1.29 is 0 Å². The van der Waals surface area contributed by atoms with E-state index in [4.69, 9.17) is 0 Å². The van der Waals surface area contributed by atoms with Crippen LogP contribution in [-0.4, -0.2) is 16.5 Å². The summed E-state index contributed by atoms with van der Waals surface area (Å²) in [5, 5.41) is 3.34. The molecule has 2 rings (SSSR count). The predicted molar refractivity (Wildman–Crippen MR) is 66.9 cm³/mol. The molecule has 1 aromatic heterocycles. The molecule has 0 radical (unpaired) electrons. The zero-order chi connectivity index (χ0) is 11.5. The van der Waals surface area contributed by atoms with Gasteiger partial charge in [0.1, 0.15) is 0 Å². The Kier molecular flexibility index (Phi) is 2.99. The molecule has 0 aliphatic carbocycles. The third kappa shape index (κ3) is 2.45. The maximum atomic E-state index is 11.1. The number of nitrogens with one attached hydrogen (secondary N) is 3. The minimum Gasteiger partial charge on any atom is -0.385 e. The number of hydrogen-bond donors (Lipinski definition) is 3. The maximum absolute atomic E-state index is 11.1. The molecule has 1 heterocycles. The van der Waals surface area contributed by atoms with E-state index in [0.29, 0.717) is 5.92 Å². The first-order chi connectivity index (χ1) is 7.65. The van der Waals surface area contributed by atoms with Crippen molar-refractivity contribution in [1.82, 2.24) is 9.97 Å². The van der Waals surface area contributed by atoms with Crippen molar-refractivity contribution in [2.24, 2.45) is 5.92 Å². The van der Waals surface area contributed by atoms with E-state index < -0.39 is 0 Å². The molecule has 0 atom stereocenters. The van der Waals surface area contributed by atoms with Crippen molar-refractivity contribution in [2.45, 2.75) is 20.3 Å². The van der Waals surface area contributed by atoms with Crippen molar-refractivity contribution >= 4 is 16.7 Å². The van der Waals surface area contributed by atoms with Crippen LogP contribution in [0.2, 0.25) is 0 Å². The van der Waals surface area contributed by atoms with Crippen molar-refractivity contribution in [3.63, 3.8) is 0 Å². The van der Waals surface area contributed by atoms with Gasteiger partial charge in [0, 0.05) is 12.2 Å². The maximum Gasteiger partial charge on any atom is 0.323 e. The van der Waals surface area contributed by atoms with Crippen LogP contribution in [0.15, 0.2) is 23.0 Å². The monoisotopic (exact) mass is 219 g/mol. The fraction of sp³-hybridized carbons (Fsp3) is 0.417. The molecule has 86 valence electrons. The molecule has 0 fully saturated rings. The molecule has 0 amide bonds. The highest BCUT2D eigenvalue weighted by molar-refractivity contribution is 5.78. The van der Waals surface area contributed by atoms with Gasteiger partial charge in [0.05, 0.1) is 11.0 Å². The molecule has 0 saturated carbocycles. The first-order valence-electron chi connectivity index (χ1n) is 5.61. The van der Waals surface area contributed by atoms with Gasteiger partial charge in [0.15, 0.2) is 0 Å². The molecule has 1 aromatic carbocycles. The molecule has 0 spiro atoms. The Bertz CT molecular complexity index is 524. The lowest BCUT2D eigenvalue weighted by Crippen LogP contribution is -2.04. The molecule has 0 aliphatic heterocycles. The Labute approximate surface area is 94.1 Å². The summed E-state index contributed by atoms with van der Waals surface area (Å²) in [6, 6.07) is 5.84. The van der Waals surface area contributed by atoms with E-state index in [0.717, 1.165) is 29.7 Å². The number of fused-ring (bicyclic) bond motifs is 1. The summed E-state index contributed by atoms with van der Waals surface area (Å²) in [6.45, 7) is 5.36. The zero-order valence-electron chi connectivity index (χ0n) is 9.63. The van der Waals surface area contributed by atoms with E-state index in [2.05, 4.69) is 29.1 Å². The molecule has 0 aliphatic rings. The largest absolute Gasteiger partial charge is 0.385 e. The number of H-pyrrole nitrogens is 2. The number of aromatic nitrogens is 2. The van der Waals surface area contributed by atoms with Gasteiger partial charge in [-0.1, -0.05) is 13.8 Å². The molecular weight excluding hydrogens is 202 g/mol. The number of hydrogen-bond acceptors (Lipinski definition) is 2. The molecule has 2 aromatic rings. The van der Waals surface area contributed by atoms with Crippen LogP contribution in [0.1, 0.15) is 20.3 Å². The van der Waals surface area contributed by atoms with Crippen molar-refractivity contribution in [2.75, 3.05) is 11.9 Å². The minimum absolute atomic E-state index is 0.158. The van der Waals surface area contributed by atoms with E-state index >= 15 is 0 Å². The van der Waals surface area contributed by atoms with Gasteiger partial charge in [-0.3, -0.25) is 0 Å². The van der Waals surface area contributed by atoms with Gasteiger partial charge in [0.2, 0.25) is 0 Å². The van der Waals surface area contributed by atoms with Crippen molar-refractivity contribution in [3.05, 3.63) is 28.7 Å². The first kappa shape index (κ1) is 10.8. The van der Waals surface area contributed by atoms with Gasteiger partial charge in [-0.05, 0) is 30.5 Å². The third-order valence-electron chi connectivity index (χ3n) is 2.57.